The van der Waals surface area contributed by atoms with E-state index in [2.05, 4.69) is 21.2 Å². The van der Waals surface area contributed by atoms with Crippen LogP contribution >= 0.6 is 15.9 Å². The maximum absolute atomic E-state index is 6.57. The van der Waals surface area contributed by atoms with Crippen LogP contribution in [-0.2, 0) is 33.2 Å². The molecular weight excluding hydrogens is 470 g/mol. The van der Waals surface area contributed by atoms with Crippen LogP contribution in [0.3, 0.4) is 0 Å². The molecule has 6 atom stereocenters. The van der Waals surface area contributed by atoms with Gasteiger partial charge in [0.25, 0.3) is 0 Å². The van der Waals surface area contributed by atoms with Crippen LogP contribution in [0.5, 0.6) is 0 Å². The number of benzene rings is 1. The Bertz CT molecular complexity index is 932. The Hall–Kier alpha value is -1.36. The molecule has 1 spiro atoms. The quantitative estimate of drug-likeness (QED) is 0.660. The summed E-state index contributed by atoms with van der Waals surface area (Å²) < 4.78 is 44.2. The molecule has 8 nitrogen and oxygen atoms in total. The molecule has 3 saturated heterocycles. The van der Waals surface area contributed by atoms with Gasteiger partial charge in [0.05, 0.1) is 0 Å². The normalized spacial score (nSPS) is 41.5. The largest absolute Gasteiger partial charge is 0.462 e. The van der Waals surface area contributed by atoms with E-state index in [0.29, 0.717) is 18.6 Å². The number of ether oxygens (including phenoxy) is 7. The number of halogens is 1. The SMILES string of the molecule is CC1(C)O[C@H]2O[C@@]3(CCC4=C(O3)[C@H]3OC(C)(C)O[C@H]3O4)[C@@H](Nc3ccc(Br)cc3)[C@H]2O1. The summed E-state index contributed by atoms with van der Waals surface area (Å²) in [5.74, 6) is -1.04. The third kappa shape index (κ3) is 3.29. The van der Waals surface area contributed by atoms with Crippen molar-refractivity contribution in [3.8, 4) is 0 Å². The monoisotopic (exact) mass is 495 g/mol. The Labute approximate surface area is 189 Å². The average molecular weight is 496 g/mol. The highest BCUT2D eigenvalue weighted by Crippen LogP contribution is 2.53. The highest BCUT2D eigenvalue weighted by atomic mass is 79.9. The molecule has 0 amide bonds. The van der Waals surface area contributed by atoms with Crippen molar-refractivity contribution in [3.63, 3.8) is 0 Å². The van der Waals surface area contributed by atoms with Crippen LogP contribution in [0, 0.1) is 0 Å². The molecule has 3 fully saturated rings. The van der Waals surface area contributed by atoms with E-state index in [9.17, 15) is 0 Å². The van der Waals surface area contributed by atoms with Crippen molar-refractivity contribution in [1.29, 1.82) is 0 Å². The van der Waals surface area contributed by atoms with Crippen LogP contribution < -0.4 is 5.32 Å². The second-order valence-corrected chi connectivity index (χ2v) is 10.4. The zero-order valence-electron chi connectivity index (χ0n) is 17.8. The van der Waals surface area contributed by atoms with Gasteiger partial charge in [-0.3, -0.25) is 0 Å². The maximum Gasteiger partial charge on any atom is 0.236 e. The lowest BCUT2D eigenvalue weighted by atomic mass is 9.95. The first-order chi connectivity index (χ1) is 14.6. The zero-order chi connectivity index (χ0) is 21.6. The first-order valence-corrected chi connectivity index (χ1v) is 11.4. The Balaban J connectivity index is 1.32. The van der Waals surface area contributed by atoms with Gasteiger partial charge in [-0.15, -0.1) is 0 Å². The highest BCUT2D eigenvalue weighted by molar-refractivity contribution is 9.10. The number of allylic oxidation sites excluding steroid dienone is 1. The minimum Gasteiger partial charge on any atom is -0.462 e. The van der Waals surface area contributed by atoms with Crippen LogP contribution in [0.1, 0.15) is 40.5 Å². The molecule has 9 heteroatoms. The first kappa shape index (κ1) is 20.3. The summed E-state index contributed by atoms with van der Waals surface area (Å²) in [7, 11) is 0. The number of anilines is 1. The molecule has 1 N–H and O–H groups in total. The lowest BCUT2D eigenvalue weighted by molar-refractivity contribution is -0.296. The van der Waals surface area contributed by atoms with Crippen LogP contribution in [0.4, 0.5) is 5.69 Å². The van der Waals surface area contributed by atoms with Gasteiger partial charge in [0.15, 0.2) is 29.7 Å². The molecule has 168 valence electrons. The second-order valence-electron chi connectivity index (χ2n) is 9.46. The van der Waals surface area contributed by atoms with Crippen molar-refractivity contribution in [3.05, 3.63) is 40.3 Å². The van der Waals surface area contributed by atoms with E-state index in [1.165, 1.54) is 0 Å². The summed E-state index contributed by atoms with van der Waals surface area (Å²) >= 11 is 3.49. The van der Waals surface area contributed by atoms with Crippen LogP contribution in [0.2, 0.25) is 0 Å². The van der Waals surface area contributed by atoms with Gasteiger partial charge in [0, 0.05) is 23.0 Å². The molecular formula is C22H26BrNO7. The number of fused-ring (bicyclic) bond motifs is 3. The fraction of sp³-hybridized carbons (Fsp3) is 0.636. The van der Waals surface area contributed by atoms with Crippen molar-refractivity contribution in [2.24, 2.45) is 0 Å². The standard InChI is InChI=1S/C22H26BrNO7/c1-20(2)26-15-14-13(25-18(15)29-20)9-10-22(28-14)17(24-12-7-5-11(23)6-8-12)16-19(31-22)30-21(3,4)27-16/h5-8,15-19,24H,9-10H2,1-4H3/t15-,16-,17+,18-,19+,22+/m1/s1. The van der Waals surface area contributed by atoms with Gasteiger partial charge < -0.3 is 38.5 Å². The minimum atomic E-state index is -0.980. The summed E-state index contributed by atoms with van der Waals surface area (Å²) in [5.41, 5.74) is 0.940. The van der Waals surface area contributed by atoms with Crippen molar-refractivity contribution >= 4 is 21.6 Å². The zero-order valence-corrected chi connectivity index (χ0v) is 19.4. The van der Waals surface area contributed by atoms with Gasteiger partial charge in [-0.25, -0.2) is 0 Å². The summed E-state index contributed by atoms with van der Waals surface area (Å²) in [4.78, 5) is 0. The number of nitrogens with one attached hydrogen (secondary N) is 1. The topological polar surface area (TPSA) is 76.6 Å². The fourth-order valence-electron chi connectivity index (χ4n) is 4.99. The highest BCUT2D eigenvalue weighted by Gasteiger charge is 2.66. The third-order valence-corrected chi connectivity index (χ3v) is 6.73. The molecule has 0 radical (unpaired) electrons. The summed E-state index contributed by atoms with van der Waals surface area (Å²) in [5, 5.41) is 3.58. The maximum atomic E-state index is 6.57. The average Bonchev–Trinajstić information content (AvgIpc) is 3.33. The Morgan fingerprint density at radius 1 is 0.903 bits per heavy atom. The van der Waals surface area contributed by atoms with Gasteiger partial charge in [0.2, 0.25) is 12.1 Å². The van der Waals surface area contributed by atoms with Gasteiger partial charge in [-0.2, -0.15) is 0 Å². The van der Waals surface area contributed by atoms with Gasteiger partial charge in [-0.05, 0) is 52.0 Å². The molecule has 0 aromatic heterocycles. The second kappa shape index (κ2) is 6.59. The number of hydrogen-bond donors (Lipinski definition) is 1. The van der Waals surface area contributed by atoms with Crippen molar-refractivity contribution in [2.45, 2.75) is 88.7 Å². The molecule has 5 heterocycles. The molecule has 0 unspecified atom stereocenters. The van der Waals surface area contributed by atoms with Crippen molar-refractivity contribution in [1.82, 2.24) is 0 Å². The molecule has 6 rings (SSSR count). The summed E-state index contributed by atoms with van der Waals surface area (Å²) in [6.45, 7) is 7.51. The predicted octanol–water partition coefficient (Wildman–Crippen LogP) is 3.96. The molecule has 0 saturated carbocycles. The Kier molecular flexibility index (Phi) is 4.30. The summed E-state index contributed by atoms with van der Waals surface area (Å²) in [6.07, 6.45) is -0.561. The van der Waals surface area contributed by atoms with Crippen LogP contribution in [0.15, 0.2) is 40.3 Å². The van der Waals surface area contributed by atoms with Crippen molar-refractivity contribution in [2.75, 3.05) is 5.32 Å². The van der Waals surface area contributed by atoms with Crippen LogP contribution in [0.25, 0.3) is 0 Å². The lowest BCUT2D eigenvalue weighted by Crippen LogP contribution is -2.53. The Morgan fingerprint density at radius 2 is 1.61 bits per heavy atom. The smallest absolute Gasteiger partial charge is 0.236 e. The molecule has 31 heavy (non-hydrogen) atoms. The van der Waals surface area contributed by atoms with E-state index in [1.54, 1.807) is 0 Å². The van der Waals surface area contributed by atoms with E-state index in [1.807, 2.05) is 52.0 Å². The van der Waals surface area contributed by atoms with Crippen molar-refractivity contribution < 1.29 is 33.2 Å². The first-order valence-electron chi connectivity index (χ1n) is 10.6. The summed E-state index contributed by atoms with van der Waals surface area (Å²) in [6, 6.07) is 7.68. The van der Waals surface area contributed by atoms with E-state index in [0.717, 1.165) is 15.9 Å². The minimum absolute atomic E-state index is 0.302. The van der Waals surface area contributed by atoms with E-state index in [-0.39, 0.29) is 12.1 Å². The number of rotatable bonds is 2. The van der Waals surface area contributed by atoms with E-state index >= 15 is 0 Å². The van der Waals surface area contributed by atoms with Gasteiger partial charge in [0.1, 0.15) is 17.9 Å². The van der Waals surface area contributed by atoms with Gasteiger partial charge in [-0.1, -0.05) is 15.9 Å². The van der Waals surface area contributed by atoms with E-state index < -0.39 is 36.0 Å². The van der Waals surface area contributed by atoms with Crippen LogP contribution in [-0.4, -0.2) is 48.2 Å². The van der Waals surface area contributed by atoms with E-state index in [4.69, 9.17) is 33.2 Å². The molecule has 1 aromatic carbocycles. The third-order valence-electron chi connectivity index (χ3n) is 6.21. The molecule has 1 aromatic rings. The Morgan fingerprint density at radius 3 is 2.39 bits per heavy atom. The molecule has 5 aliphatic rings. The molecule has 5 aliphatic heterocycles. The molecule has 0 aliphatic carbocycles. The number of hydrogen-bond acceptors (Lipinski definition) is 8. The predicted molar refractivity (Wildman–Crippen MR) is 111 cm³/mol. The van der Waals surface area contributed by atoms with Gasteiger partial charge >= 0.3 is 0 Å². The molecule has 0 bridgehead atoms. The fourth-order valence-corrected chi connectivity index (χ4v) is 5.25. The lowest BCUT2D eigenvalue weighted by Gasteiger charge is -2.40.